The molecule has 0 saturated heterocycles. The molecule has 9 heteroatoms. The van der Waals surface area contributed by atoms with Crippen LogP contribution in [0, 0.1) is 0 Å². The number of nitrogens with two attached hydrogens (primary N) is 1. The van der Waals surface area contributed by atoms with Crippen molar-refractivity contribution < 1.29 is 13.2 Å². The van der Waals surface area contributed by atoms with Gasteiger partial charge in [-0.05, 0) is 50.4 Å². The number of hydrogen-bond acceptors (Lipinski definition) is 4. The van der Waals surface area contributed by atoms with E-state index in [-0.39, 0.29) is 17.3 Å². The van der Waals surface area contributed by atoms with Crippen LogP contribution in [0.2, 0.25) is 0 Å². The number of anilines is 1. The Balaban J connectivity index is 3.03. The summed E-state index contributed by atoms with van der Waals surface area (Å²) in [4.78, 5) is 11.7. The normalized spacial score (nSPS) is 11.7. The number of sulfonamides is 1. The largest absolute Gasteiger partial charge is 0.399 e. The summed E-state index contributed by atoms with van der Waals surface area (Å²) in [6, 6.07) is 3.01. The molecule has 0 aliphatic heterocycles. The molecule has 0 unspecified atom stereocenters. The van der Waals surface area contributed by atoms with Crippen LogP contribution in [0.4, 0.5) is 5.69 Å². The summed E-state index contributed by atoms with van der Waals surface area (Å²) in [5, 5.41) is 2.64. The lowest BCUT2D eigenvalue weighted by Crippen LogP contribution is -2.38. The summed E-state index contributed by atoms with van der Waals surface area (Å²) < 4.78 is 26.8. The summed E-state index contributed by atoms with van der Waals surface area (Å²) in [5.41, 5.74) is 6.08. The molecule has 0 aliphatic rings. The number of amides is 1. The van der Waals surface area contributed by atoms with Gasteiger partial charge in [0, 0.05) is 28.2 Å². The smallest absolute Gasteiger partial charge is 0.245 e. The fourth-order valence-electron chi connectivity index (χ4n) is 1.59. The molecule has 1 aromatic carbocycles. The van der Waals surface area contributed by atoms with E-state index in [1.165, 1.54) is 19.2 Å². The number of carbonyl (C=O) groups is 1. The van der Waals surface area contributed by atoms with Gasteiger partial charge >= 0.3 is 0 Å². The Labute approximate surface area is 141 Å². The Morgan fingerprint density at radius 1 is 1.33 bits per heavy atom. The van der Waals surface area contributed by atoms with Crippen molar-refractivity contribution >= 4 is 53.5 Å². The van der Waals surface area contributed by atoms with Crippen molar-refractivity contribution in [3.05, 3.63) is 21.1 Å². The maximum absolute atomic E-state index is 12.5. The number of carbonyl (C=O) groups excluding carboxylic acids is 1. The minimum absolute atomic E-state index is 0.0440. The molecule has 0 spiro atoms. The van der Waals surface area contributed by atoms with Gasteiger partial charge in [0.2, 0.25) is 15.9 Å². The number of nitrogen functional groups attached to an aromatic ring is 1. The van der Waals surface area contributed by atoms with E-state index < -0.39 is 10.0 Å². The minimum Gasteiger partial charge on any atom is -0.399 e. The second-order valence-corrected chi connectivity index (χ2v) is 8.12. The number of nitrogens with one attached hydrogen (secondary N) is 1. The molecule has 1 amide bonds. The molecular weight excluding hydrogens is 426 g/mol. The van der Waals surface area contributed by atoms with Gasteiger partial charge in [-0.25, -0.2) is 8.42 Å². The average molecular weight is 443 g/mol. The summed E-state index contributed by atoms with van der Waals surface area (Å²) in [7, 11) is -2.46. The zero-order chi connectivity index (χ0) is 16.2. The van der Waals surface area contributed by atoms with Crippen molar-refractivity contribution in [1.82, 2.24) is 9.62 Å². The zero-order valence-electron chi connectivity index (χ0n) is 11.7. The van der Waals surface area contributed by atoms with Crippen molar-refractivity contribution in [3.8, 4) is 0 Å². The summed E-state index contributed by atoms with van der Waals surface area (Å²) in [5.74, 6) is -0.342. The first-order valence-electron chi connectivity index (χ1n) is 6.17. The van der Waals surface area contributed by atoms with E-state index in [0.717, 1.165) is 10.7 Å². The van der Waals surface area contributed by atoms with Crippen molar-refractivity contribution in [3.63, 3.8) is 0 Å². The molecule has 118 valence electrons. The average Bonchev–Trinajstić information content (AvgIpc) is 2.34. The molecule has 6 nitrogen and oxygen atoms in total. The highest BCUT2D eigenvalue weighted by Crippen LogP contribution is 2.33. The van der Waals surface area contributed by atoms with Crippen LogP contribution >= 0.6 is 31.9 Å². The van der Waals surface area contributed by atoms with Gasteiger partial charge in [-0.2, -0.15) is 4.31 Å². The second kappa shape index (κ2) is 7.57. The molecule has 1 rings (SSSR count). The van der Waals surface area contributed by atoms with Gasteiger partial charge < -0.3 is 11.1 Å². The molecule has 0 saturated carbocycles. The molecule has 0 atom stereocenters. The van der Waals surface area contributed by atoms with Gasteiger partial charge in [-0.1, -0.05) is 6.92 Å². The van der Waals surface area contributed by atoms with E-state index in [9.17, 15) is 13.2 Å². The highest BCUT2D eigenvalue weighted by atomic mass is 79.9. The molecule has 0 fully saturated rings. The van der Waals surface area contributed by atoms with E-state index in [0.29, 0.717) is 21.2 Å². The number of nitrogens with zero attached hydrogens (tertiary/aromatic N) is 1. The SMILES string of the molecule is CCCNC(=O)CN(C)S(=O)(=O)c1c(Br)cc(N)cc1Br. The Morgan fingerprint density at radius 3 is 2.33 bits per heavy atom. The van der Waals surface area contributed by atoms with Crippen LogP contribution in [0.1, 0.15) is 13.3 Å². The molecule has 0 aromatic heterocycles. The van der Waals surface area contributed by atoms with Crippen LogP contribution in [0.25, 0.3) is 0 Å². The van der Waals surface area contributed by atoms with Gasteiger partial charge in [-0.3, -0.25) is 4.79 Å². The van der Waals surface area contributed by atoms with Crippen LogP contribution in [0.15, 0.2) is 26.0 Å². The van der Waals surface area contributed by atoms with Crippen LogP contribution in [-0.2, 0) is 14.8 Å². The Morgan fingerprint density at radius 2 is 1.86 bits per heavy atom. The molecule has 0 bridgehead atoms. The van der Waals surface area contributed by atoms with E-state index >= 15 is 0 Å². The Hall–Kier alpha value is -0.640. The van der Waals surface area contributed by atoms with Crippen LogP contribution in [0.5, 0.6) is 0 Å². The van der Waals surface area contributed by atoms with Gasteiger partial charge in [0.1, 0.15) is 4.90 Å². The topological polar surface area (TPSA) is 92.5 Å². The standard InChI is InChI=1S/C12H17Br2N3O3S/c1-3-4-16-11(18)7-17(2)21(19,20)12-9(13)5-8(15)6-10(12)14/h5-6H,3-4,7,15H2,1-2H3,(H,16,18). The Bertz CT molecular complexity index is 612. The highest BCUT2D eigenvalue weighted by molar-refractivity contribution is 9.11. The van der Waals surface area contributed by atoms with Crippen molar-refractivity contribution in [2.75, 3.05) is 25.9 Å². The zero-order valence-corrected chi connectivity index (χ0v) is 15.7. The van der Waals surface area contributed by atoms with E-state index in [2.05, 4.69) is 37.2 Å². The van der Waals surface area contributed by atoms with Gasteiger partial charge in [-0.15, -0.1) is 0 Å². The monoisotopic (exact) mass is 441 g/mol. The molecule has 3 N–H and O–H groups in total. The molecule has 1 aromatic rings. The molecule has 0 radical (unpaired) electrons. The predicted octanol–water partition coefficient (Wildman–Crippen LogP) is 1.94. The quantitative estimate of drug-likeness (QED) is 0.658. The maximum atomic E-state index is 12.5. The van der Waals surface area contributed by atoms with Crippen LogP contribution in [0.3, 0.4) is 0 Å². The van der Waals surface area contributed by atoms with E-state index in [1.54, 1.807) is 0 Å². The van der Waals surface area contributed by atoms with Gasteiger partial charge in [0.05, 0.1) is 6.54 Å². The third-order valence-corrected chi connectivity index (χ3v) is 6.31. The van der Waals surface area contributed by atoms with Gasteiger partial charge in [0.25, 0.3) is 0 Å². The first-order valence-corrected chi connectivity index (χ1v) is 9.20. The first-order chi connectivity index (χ1) is 9.70. The van der Waals surface area contributed by atoms with E-state index in [1.807, 2.05) is 6.92 Å². The molecule has 0 aliphatic carbocycles. The second-order valence-electron chi connectivity index (χ2n) is 4.42. The molecular formula is C12H17Br2N3O3S. The third kappa shape index (κ3) is 4.67. The van der Waals surface area contributed by atoms with Gasteiger partial charge in [0.15, 0.2) is 0 Å². The van der Waals surface area contributed by atoms with Crippen LogP contribution < -0.4 is 11.1 Å². The first kappa shape index (κ1) is 18.4. The minimum atomic E-state index is -3.81. The fraction of sp³-hybridized carbons (Fsp3) is 0.417. The number of rotatable bonds is 6. The third-order valence-electron chi connectivity index (χ3n) is 2.63. The summed E-state index contributed by atoms with van der Waals surface area (Å²) in [6.07, 6.45) is 0.789. The molecule has 0 heterocycles. The summed E-state index contributed by atoms with van der Waals surface area (Å²) in [6.45, 7) is 2.19. The lowest BCUT2D eigenvalue weighted by molar-refractivity contribution is -0.121. The molecule has 21 heavy (non-hydrogen) atoms. The van der Waals surface area contributed by atoms with E-state index in [4.69, 9.17) is 5.73 Å². The summed E-state index contributed by atoms with van der Waals surface area (Å²) >= 11 is 6.39. The Kier molecular flexibility index (Phi) is 6.64. The number of likely N-dealkylation sites (N-methyl/N-ethyl adjacent to an activating group) is 1. The van der Waals surface area contributed by atoms with Crippen molar-refractivity contribution in [2.24, 2.45) is 0 Å². The number of halogens is 2. The van der Waals surface area contributed by atoms with Crippen LogP contribution in [-0.4, -0.2) is 38.8 Å². The lowest BCUT2D eigenvalue weighted by Gasteiger charge is -2.19. The predicted molar refractivity (Wildman–Crippen MR) is 89.4 cm³/mol. The maximum Gasteiger partial charge on any atom is 0.245 e. The highest BCUT2D eigenvalue weighted by Gasteiger charge is 2.27. The fourth-order valence-corrected chi connectivity index (χ4v) is 5.25. The van der Waals surface area contributed by atoms with Crippen molar-refractivity contribution in [2.45, 2.75) is 18.2 Å². The number of hydrogen-bond donors (Lipinski definition) is 2. The lowest BCUT2D eigenvalue weighted by atomic mass is 10.3. The van der Waals surface area contributed by atoms with Crippen molar-refractivity contribution in [1.29, 1.82) is 0 Å². The number of benzene rings is 1.